The van der Waals surface area contributed by atoms with Gasteiger partial charge in [-0.2, -0.15) is 0 Å². The van der Waals surface area contributed by atoms with Crippen LogP contribution in [0.25, 0.3) is 10.9 Å². The molecule has 0 radical (unpaired) electrons. The van der Waals surface area contributed by atoms with Gasteiger partial charge in [0.15, 0.2) is 0 Å². The molecular weight excluding hydrogens is 382 g/mol. The molecular formula is C27H31N3O. The Hall–Kier alpha value is -2.72. The van der Waals surface area contributed by atoms with E-state index < -0.39 is 0 Å². The number of rotatable bonds is 5. The minimum Gasteiger partial charge on any atom is -0.345 e. The fourth-order valence-electron chi connectivity index (χ4n) is 5.34. The van der Waals surface area contributed by atoms with Crippen molar-refractivity contribution < 1.29 is 4.79 Å². The number of nitrogens with one attached hydrogen (secondary N) is 1. The predicted octanol–water partition coefficient (Wildman–Crippen LogP) is 5.32. The summed E-state index contributed by atoms with van der Waals surface area (Å²) in [6.07, 6.45) is 4.63. The van der Waals surface area contributed by atoms with Crippen LogP contribution < -0.4 is 5.32 Å². The Balaban J connectivity index is 1.49. The molecule has 0 spiro atoms. The third kappa shape index (κ3) is 4.22. The summed E-state index contributed by atoms with van der Waals surface area (Å²) in [5.74, 6) is 1.19. The number of nitrogens with zero attached hydrogens (tertiary/aromatic N) is 2. The van der Waals surface area contributed by atoms with Crippen molar-refractivity contribution in [1.29, 1.82) is 0 Å². The monoisotopic (exact) mass is 413 g/mol. The van der Waals surface area contributed by atoms with Crippen LogP contribution >= 0.6 is 0 Å². The van der Waals surface area contributed by atoms with E-state index in [9.17, 15) is 4.79 Å². The van der Waals surface area contributed by atoms with Crippen molar-refractivity contribution in [1.82, 2.24) is 15.2 Å². The van der Waals surface area contributed by atoms with Gasteiger partial charge in [-0.25, -0.2) is 0 Å². The van der Waals surface area contributed by atoms with Crippen LogP contribution in [0.4, 0.5) is 0 Å². The first-order valence-corrected chi connectivity index (χ1v) is 11.7. The summed E-state index contributed by atoms with van der Waals surface area (Å²) < 4.78 is 0. The average molecular weight is 414 g/mol. The van der Waals surface area contributed by atoms with Crippen LogP contribution in [0.2, 0.25) is 0 Å². The van der Waals surface area contributed by atoms with Gasteiger partial charge in [0.05, 0.1) is 17.1 Å². The molecule has 3 aromatic rings. The summed E-state index contributed by atoms with van der Waals surface area (Å²) in [6.45, 7) is 5.59. The van der Waals surface area contributed by atoms with Crippen LogP contribution in [0, 0.1) is 5.92 Å². The van der Waals surface area contributed by atoms with E-state index in [0.717, 1.165) is 46.6 Å². The average Bonchev–Trinajstić information content (AvgIpc) is 3.16. The first-order chi connectivity index (χ1) is 15.2. The van der Waals surface area contributed by atoms with Gasteiger partial charge < -0.3 is 10.2 Å². The molecule has 4 nitrogen and oxygen atoms in total. The third-order valence-corrected chi connectivity index (χ3v) is 7.12. The van der Waals surface area contributed by atoms with Crippen molar-refractivity contribution in [3.63, 3.8) is 0 Å². The standard InChI is InChI=1S/C27H31N3O/c1-2-24(20-8-4-3-5-9-20)29-27(31)23-17-26(28-25-11-7-6-10-22(23)25)21-16-19-12-14-30(18-21)15-13-19/h3-11,17,19,21,24H,2,12-16,18H2,1H3,(H,29,31). The Bertz CT molecular complexity index is 1040. The van der Waals surface area contributed by atoms with Gasteiger partial charge in [0.1, 0.15) is 0 Å². The highest BCUT2D eigenvalue weighted by molar-refractivity contribution is 6.06. The van der Waals surface area contributed by atoms with Gasteiger partial charge in [-0.15, -0.1) is 0 Å². The Morgan fingerprint density at radius 3 is 2.61 bits per heavy atom. The molecule has 3 fully saturated rings. The zero-order chi connectivity index (χ0) is 21.2. The minimum absolute atomic E-state index is 0.00362. The molecule has 2 bridgehead atoms. The maximum atomic E-state index is 13.5. The van der Waals surface area contributed by atoms with E-state index in [1.54, 1.807) is 0 Å². The van der Waals surface area contributed by atoms with Crippen molar-refractivity contribution in [2.75, 3.05) is 19.6 Å². The fourth-order valence-corrected chi connectivity index (χ4v) is 5.34. The van der Waals surface area contributed by atoms with E-state index in [1.165, 1.54) is 32.4 Å². The zero-order valence-corrected chi connectivity index (χ0v) is 18.3. The van der Waals surface area contributed by atoms with E-state index in [0.29, 0.717) is 5.92 Å². The molecule has 1 aromatic heterocycles. The lowest BCUT2D eigenvalue weighted by Crippen LogP contribution is -2.31. The number of fused-ring (bicyclic) bond motifs is 5. The van der Waals surface area contributed by atoms with Crippen LogP contribution in [-0.4, -0.2) is 35.4 Å². The van der Waals surface area contributed by atoms with Gasteiger partial charge in [-0.1, -0.05) is 55.5 Å². The number of aromatic nitrogens is 1. The van der Waals surface area contributed by atoms with Crippen LogP contribution in [0.1, 0.15) is 66.2 Å². The molecule has 3 saturated heterocycles. The number of hydrogen-bond acceptors (Lipinski definition) is 3. The number of carbonyl (C=O) groups is 1. The van der Waals surface area contributed by atoms with Gasteiger partial charge in [0, 0.05) is 23.5 Å². The first-order valence-electron chi connectivity index (χ1n) is 11.7. The molecule has 4 heteroatoms. The Morgan fingerprint density at radius 1 is 1.10 bits per heavy atom. The lowest BCUT2D eigenvalue weighted by Gasteiger charge is -2.26. The van der Waals surface area contributed by atoms with Crippen molar-refractivity contribution in [3.05, 3.63) is 77.5 Å². The van der Waals surface area contributed by atoms with E-state index in [2.05, 4.69) is 35.3 Å². The molecule has 1 amide bonds. The highest BCUT2D eigenvalue weighted by Crippen LogP contribution is 2.36. The maximum absolute atomic E-state index is 13.5. The SMILES string of the molecule is CCC(NC(=O)c1cc(C2CC3CCN(CC3)C2)nc2ccccc12)c1ccccc1. The van der Waals surface area contributed by atoms with Gasteiger partial charge in [-0.3, -0.25) is 9.78 Å². The summed E-state index contributed by atoms with van der Waals surface area (Å²) in [5.41, 5.74) is 3.89. The van der Waals surface area contributed by atoms with E-state index >= 15 is 0 Å². The van der Waals surface area contributed by atoms with Gasteiger partial charge in [0.25, 0.3) is 5.91 Å². The number of hydrogen-bond donors (Lipinski definition) is 1. The Kier molecular flexibility index (Phi) is 5.73. The van der Waals surface area contributed by atoms with Crippen LogP contribution in [0.15, 0.2) is 60.7 Å². The van der Waals surface area contributed by atoms with E-state index in [1.807, 2.05) is 42.5 Å². The fraction of sp³-hybridized carbons (Fsp3) is 0.407. The Labute approximate surface area is 184 Å². The second kappa shape index (κ2) is 8.80. The topological polar surface area (TPSA) is 45.2 Å². The molecule has 2 atom stereocenters. The van der Waals surface area contributed by atoms with Gasteiger partial charge in [0.2, 0.25) is 0 Å². The molecule has 3 aliphatic heterocycles. The lowest BCUT2D eigenvalue weighted by molar-refractivity contribution is 0.0937. The molecule has 6 rings (SSSR count). The molecule has 0 aliphatic carbocycles. The number of benzene rings is 2. The largest absolute Gasteiger partial charge is 0.345 e. The smallest absolute Gasteiger partial charge is 0.252 e. The van der Waals surface area contributed by atoms with Crippen molar-refractivity contribution >= 4 is 16.8 Å². The summed E-state index contributed by atoms with van der Waals surface area (Å²) in [4.78, 5) is 21.1. The number of para-hydroxylation sites is 1. The molecule has 2 aromatic carbocycles. The van der Waals surface area contributed by atoms with Crippen molar-refractivity contribution in [3.8, 4) is 0 Å². The van der Waals surface area contributed by atoms with Gasteiger partial charge >= 0.3 is 0 Å². The highest BCUT2D eigenvalue weighted by Gasteiger charge is 2.31. The van der Waals surface area contributed by atoms with Crippen molar-refractivity contribution in [2.45, 2.75) is 44.6 Å². The summed E-state index contributed by atoms with van der Waals surface area (Å²) in [6, 6.07) is 20.4. The molecule has 4 heterocycles. The van der Waals surface area contributed by atoms with Crippen LogP contribution in [0.3, 0.4) is 0 Å². The predicted molar refractivity (Wildman–Crippen MR) is 125 cm³/mol. The molecule has 160 valence electrons. The maximum Gasteiger partial charge on any atom is 0.252 e. The minimum atomic E-state index is -0.00699. The van der Waals surface area contributed by atoms with Gasteiger partial charge in [-0.05, 0) is 62.4 Å². The van der Waals surface area contributed by atoms with Crippen molar-refractivity contribution in [2.24, 2.45) is 5.92 Å². The number of amides is 1. The molecule has 1 N–H and O–H groups in total. The molecule has 0 saturated carbocycles. The van der Waals surface area contributed by atoms with Crippen LogP contribution in [0.5, 0.6) is 0 Å². The summed E-state index contributed by atoms with van der Waals surface area (Å²) >= 11 is 0. The van der Waals surface area contributed by atoms with E-state index in [4.69, 9.17) is 4.98 Å². The molecule has 2 unspecified atom stereocenters. The number of pyridine rings is 1. The van der Waals surface area contributed by atoms with Crippen LogP contribution in [-0.2, 0) is 0 Å². The number of piperidine rings is 1. The second-order valence-corrected chi connectivity index (χ2v) is 9.13. The highest BCUT2D eigenvalue weighted by atomic mass is 16.1. The normalized spacial score (nSPS) is 24.0. The molecule has 31 heavy (non-hydrogen) atoms. The number of carbonyl (C=O) groups excluding carboxylic acids is 1. The third-order valence-electron chi connectivity index (χ3n) is 7.12. The lowest BCUT2D eigenvalue weighted by atomic mass is 9.88. The first kappa shape index (κ1) is 20.2. The summed E-state index contributed by atoms with van der Waals surface area (Å²) in [5, 5.41) is 4.22. The zero-order valence-electron chi connectivity index (χ0n) is 18.3. The van der Waals surface area contributed by atoms with E-state index in [-0.39, 0.29) is 11.9 Å². The quantitative estimate of drug-likeness (QED) is 0.616. The molecule has 3 aliphatic rings. The summed E-state index contributed by atoms with van der Waals surface area (Å²) in [7, 11) is 0. The Morgan fingerprint density at radius 2 is 1.84 bits per heavy atom. The second-order valence-electron chi connectivity index (χ2n) is 9.13.